The average Bonchev–Trinajstić information content (AvgIpc) is 2.72. The summed E-state index contributed by atoms with van der Waals surface area (Å²) in [5.74, 6) is 2.10. The topological polar surface area (TPSA) is 25.2 Å². The lowest BCUT2D eigenvalue weighted by atomic mass is 10.1. The van der Waals surface area contributed by atoms with Crippen molar-refractivity contribution in [1.82, 2.24) is 5.32 Å². The summed E-state index contributed by atoms with van der Waals surface area (Å²) in [5.41, 5.74) is 0.897. The molecule has 1 aromatic carbocycles. The van der Waals surface area contributed by atoms with Crippen LogP contribution < -0.4 is 5.32 Å². The molecule has 0 saturated carbocycles. The van der Waals surface area contributed by atoms with Gasteiger partial charge in [0.25, 0.3) is 0 Å². The first-order valence-electron chi connectivity index (χ1n) is 5.60. The van der Waals surface area contributed by atoms with E-state index in [1.165, 1.54) is 0 Å². The van der Waals surface area contributed by atoms with Gasteiger partial charge >= 0.3 is 0 Å². The minimum atomic E-state index is 0.272. The molecular weight excluding hydrogens is 254 g/mol. The Balaban J connectivity index is 2.27. The number of fused-ring (bicyclic) bond motifs is 1. The lowest BCUT2D eigenvalue weighted by Crippen LogP contribution is -2.16. The van der Waals surface area contributed by atoms with Gasteiger partial charge < -0.3 is 9.73 Å². The second-order valence-corrected chi connectivity index (χ2v) is 5.38. The Kier molecular flexibility index (Phi) is 4.37. The Bertz CT molecular complexity index is 497. The van der Waals surface area contributed by atoms with Crippen molar-refractivity contribution in [2.24, 2.45) is 0 Å². The molecule has 0 aliphatic heterocycles. The van der Waals surface area contributed by atoms with Gasteiger partial charge in [-0.15, -0.1) is 0 Å². The first-order chi connectivity index (χ1) is 8.24. The summed E-state index contributed by atoms with van der Waals surface area (Å²) in [6.45, 7) is 0. The summed E-state index contributed by atoms with van der Waals surface area (Å²) < 4.78 is 5.84. The van der Waals surface area contributed by atoms with Gasteiger partial charge in [0.2, 0.25) is 0 Å². The van der Waals surface area contributed by atoms with Crippen LogP contribution in [0.1, 0.15) is 18.2 Å². The van der Waals surface area contributed by atoms with Gasteiger partial charge in [0.15, 0.2) is 0 Å². The fraction of sp³-hybridized carbons (Fsp3) is 0.385. The molecule has 0 bridgehead atoms. The zero-order valence-electron chi connectivity index (χ0n) is 10.00. The minimum Gasteiger partial charge on any atom is -0.459 e. The van der Waals surface area contributed by atoms with Crippen molar-refractivity contribution in [2.45, 2.75) is 12.5 Å². The lowest BCUT2D eigenvalue weighted by Gasteiger charge is -2.11. The summed E-state index contributed by atoms with van der Waals surface area (Å²) in [5, 5.41) is 5.10. The quantitative estimate of drug-likeness (QED) is 0.885. The molecule has 2 aromatic rings. The van der Waals surface area contributed by atoms with Crippen LogP contribution >= 0.6 is 23.4 Å². The van der Waals surface area contributed by atoms with Crippen molar-refractivity contribution in [3.63, 3.8) is 0 Å². The number of nitrogens with one attached hydrogen (secondary N) is 1. The molecule has 0 aliphatic rings. The van der Waals surface area contributed by atoms with E-state index < -0.39 is 0 Å². The number of benzene rings is 1. The number of rotatable bonds is 5. The third kappa shape index (κ3) is 2.97. The van der Waals surface area contributed by atoms with Gasteiger partial charge in [-0.3, -0.25) is 0 Å². The van der Waals surface area contributed by atoms with Crippen LogP contribution in [0.4, 0.5) is 0 Å². The summed E-state index contributed by atoms with van der Waals surface area (Å²) in [6, 6.07) is 8.05. The monoisotopic (exact) mass is 269 g/mol. The summed E-state index contributed by atoms with van der Waals surface area (Å²) in [7, 11) is 1.96. The second kappa shape index (κ2) is 5.80. The standard InChI is InChI=1S/C13H16ClNOS/c1-15-11(5-6-17-2)13-8-9-7-10(14)3-4-12(9)16-13/h3-4,7-8,11,15H,5-6H2,1-2H3. The van der Waals surface area contributed by atoms with Crippen LogP contribution in [-0.4, -0.2) is 19.1 Å². The molecule has 2 rings (SSSR count). The highest BCUT2D eigenvalue weighted by Crippen LogP contribution is 2.28. The molecule has 1 aromatic heterocycles. The number of thioether (sulfide) groups is 1. The molecule has 0 fully saturated rings. The van der Waals surface area contributed by atoms with Crippen molar-refractivity contribution in [3.05, 3.63) is 35.0 Å². The highest BCUT2D eigenvalue weighted by atomic mass is 35.5. The van der Waals surface area contributed by atoms with E-state index in [1.807, 2.05) is 37.0 Å². The SMILES string of the molecule is CNC(CCSC)c1cc2cc(Cl)ccc2o1. The smallest absolute Gasteiger partial charge is 0.134 e. The van der Waals surface area contributed by atoms with E-state index in [4.69, 9.17) is 16.0 Å². The van der Waals surface area contributed by atoms with Gasteiger partial charge in [0.1, 0.15) is 11.3 Å². The van der Waals surface area contributed by atoms with Gasteiger partial charge in [-0.25, -0.2) is 0 Å². The van der Waals surface area contributed by atoms with Crippen LogP contribution in [0, 0.1) is 0 Å². The zero-order valence-corrected chi connectivity index (χ0v) is 11.6. The van der Waals surface area contributed by atoms with E-state index in [0.29, 0.717) is 0 Å². The van der Waals surface area contributed by atoms with Gasteiger partial charge in [-0.1, -0.05) is 11.6 Å². The highest BCUT2D eigenvalue weighted by Gasteiger charge is 2.14. The van der Waals surface area contributed by atoms with Crippen LogP contribution in [0.15, 0.2) is 28.7 Å². The summed E-state index contributed by atoms with van der Waals surface area (Å²) in [6.07, 6.45) is 3.18. The number of furan rings is 1. The van der Waals surface area contributed by atoms with E-state index in [-0.39, 0.29) is 6.04 Å². The molecule has 92 valence electrons. The van der Waals surface area contributed by atoms with Crippen molar-refractivity contribution in [2.75, 3.05) is 19.1 Å². The van der Waals surface area contributed by atoms with E-state index >= 15 is 0 Å². The van der Waals surface area contributed by atoms with Crippen LogP contribution in [0.5, 0.6) is 0 Å². The third-order valence-electron chi connectivity index (χ3n) is 2.80. The molecule has 17 heavy (non-hydrogen) atoms. The van der Waals surface area contributed by atoms with E-state index in [1.54, 1.807) is 0 Å². The normalized spacial score (nSPS) is 13.1. The fourth-order valence-electron chi connectivity index (χ4n) is 1.87. The Morgan fingerprint density at radius 2 is 2.24 bits per heavy atom. The van der Waals surface area contributed by atoms with Crippen molar-refractivity contribution < 1.29 is 4.42 Å². The highest BCUT2D eigenvalue weighted by molar-refractivity contribution is 7.98. The Morgan fingerprint density at radius 1 is 1.41 bits per heavy atom. The molecule has 0 radical (unpaired) electrons. The first kappa shape index (κ1) is 12.8. The average molecular weight is 270 g/mol. The van der Waals surface area contributed by atoms with Gasteiger partial charge in [-0.2, -0.15) is 11.8 Å². The molecule has 1 atom stereocenters. The van der Waals surface area contributed by atoms with Crippen LogP contribution in [0.25, 0.3) is 11.0 Å². The zero-order chi connectivity index (χ0) is 12.3. The maximum absolute atomic E-state index is 5.96. The van der Waals surface area contributed by atoms with Crippen LogP contribution in [-0.2, 0) is 0 Å². The largest absolute Gasteiger partial charge is 0.459 e. The summed E-state index contributed by atoms with van der Waals surface area (Å²) >= 11 is 7.81. The lowest BCUT2D eigenvalue weighted by molar-refractivity contribution is 0.446. The van der Waals surface area contributed by atoms with Crippen molar-refractivity contribution in [3.8, 4) is 0 Å². The predicted octanol–water partition coefficient (Wildman–Crippen LogP) is 4.10. The predicted molar refractivity (Wildman–Crippen MR) is 76.0 cm³/mol. The van der Waals surface area contributed by atoms with Crippen molar-refractivity contribution in [1.29, 1.82) is 0 Å². The van der Waals surface area contributed by atoms with E-state index in [9.17, 15) is 0 Å². The molecule has 4 heteroatoms. The maximum Gasteiger partial charge on any atom is 0.134 e. The minimum absolute atomic E-state index is 0.272. The molecule has 2 nitrogen and oxygen atoms in total. The van der Waals surface area contributed by atoms with E-state index in [2.05, 4.69) is 17.6 Å². The Labute approximate surface area is 111 Å². The molecule has 0 amide bonds. The Morgan fingerprint density at radius 3 is 2.94 bits per heavy atom. The first-order valence-corrected chi connectivity index (χ1v) is 7.37. The Hall–Kier alpha value is -0.640. The molecule has 0 spiro atoms. The number of hydrogen-bond donors (Lipinski definition) is 1. The molecule has 0 aliphatic carbocycles. The van der Waals surface area contributed by atoms with Gasteiger partial charge in [-0.05, 0) is 49.7 Å². The van der Waals surface area contributed by atoms with Crippen LogP contribution in [0.2, 0.25) is 5.02 Å². The summed E-state index contributed by atoms with van der Waals surface area (Å²) in [4.78, 5) is 0. The van der Waals surface area contributed by atoms with Crippen molar-refractivity contribution >= 4 is 34.3 Å². The molecule has 1 N–H and O–H groups in total. The number of hydrogen-bond acceptors (Lipinski definition) is 3. The molecular formula is C13H16ClNOS. The molecule has 1 heterocycles. The third-order valence-corrected chi connectivity index (χ3v) is 3.68. The molecule has 0 saturated heterocycles. The molecule has 1 unspecified atom stereocenters. The maximum atomic E-state index is 5.96. The van der Waals surface area contributed by atoms with Crippen LogP contribution in [0.3, 0.4) is 0 Å². The van der Waals surface area contributed by atoms with E-state index in [0.717, 1.165) is 33.9 Å². The fourth-order valence-corrected chi connectivity index (χ4v) is 2.52. The van der Waals surface area contributed by atoms with Gasteiger partial charge in [0.05, 0.1) is 6.04 Å². The second-order valence-electron chi connectivity index (χ2n) is 3.95. The number of halogens is 1. The van der Waals surface area contributed by atoms with Gasteiger partial charge in [0, 0.05) is 10.4 Å².